The predicted molar refractivity (Wildman–Crippen MR) is 73.5 cm³/mol. The van der Waals surface area contributed by atoms with Crippen LogP contribution in [0.4, 0.5) is 0 Å². The van der Waals surface area contributed by atoms with Crippen molar-refractivity contribution in [3.05, 3.63) is 34.8 Å². The Labute approximate surface area is 110 Å². The van der Waals surface area contributed by atoms with Gasteiger partial charge in [-0.1, -0.05) is 19.1 Å². The summed E-state index contributed by atoms with van der Waals surface area (Å²) in [4.78, 5) is 16.9. The van der Waals surface area contributed by atoms with Crippen LogP contribution in [0.2, 0.25) is 0 Å². The number of benzene rings is 1. The minimum absolute atomic E-state index is 0.0745. The third-order valence-electron chi connectivity index (χ3n) is 2.69. The van der Waals surface area contributed by atoms with E-state index >= 15 is 0 Å². The first-order valence-corrected chi connectivity index (χ1v) is 6.63. The normalized spacial score (nSPS) is 10.4. The maximum absolute atomic E-state index is 11.6. The molecule has 0 radical (unpaired) electrons. The van der Waals surface area contributed by atoms with Gasteiger partial charge in [-0.05, 0) is 18.6 Å². The minimum Gasteiger partial charge on any atom is -0.496 e. The summed E-state index contributed by atoms with van der Waals surface area (Å²) in [5.74, 6) is 0.856. The Morgan fingerprint density at radius 1 is 1.39 bits per heavy atom. The number of carbonyl (C=O) groups is 1. The summed E-state index contributed by atoms with van der Waals surface area (Å²) in [6.45, 7) is 3.59. The van der Waals surface area contributed by atoms with Gasteiger partial charge < -0.3 is 4.74 Å². The van der Waals surface area contributed by atoms with E-state index in [0.29, 0.717) is 0 Å². The average molecular weight is 261 g/mol. The molecule has 0 unspecified atom stereocenters. The van der Waals surface area contributed by atoms with Crippen LogP contribution in [-0.2, 0) is 6.42 Å². The van der Waals surface area contributed by atoms with Gasteiger partial charge in [-0.15, -0.1) is 11.3 Å². The summed E-state index contributed by atoms with van der Waals surface area (Å²) in [6.07, 6.45) is 0.764. The van der Waals surface area contributed by atoms with Gasteiger partial charge in [0.2, 0.25) is 0 Å². The first kappa shape index (κ1) is 12.8. The van der Waals surface area contributed by atoms with Crippen molar-refractivity contribution in [2.75, 3.05) is 7.11 Å². The zero-order valence-corrected chi connectivity index (χ0v) is 11.5. The second kappa shape index (κ2) is 5.31. The SMILES string of the molecule is CCc1nc(-c2ccccc2OC)sc1C(C)=O. The zero-order valence-electron chi connectivity index (χ0n) is 10.7. The number of aromatic nitrogens is 1. The lowest BCUT2D eigenvalue weighted by atomic mass is 10.2. The van der Waals surface area contributed by atoms with Crippen LogP contribution >= 0.6 is 11.3 Å². The summed E-state index contributed by atoms with van der Waals surface area (Å²) in [5, 5.41) is 0.842. The Hall–Kier alpha value is -1.68. The van der Waals surface area contributed by atoms with Crippen LogP contribution in [0.15, 0.2) is 24.3 Å². The van der Waals surface area contributed by atoms with Crippen molar-refractivity contribution in [2.45, 2.75) is 20.3 Å². The fourth-order valence-corrected chi connectivity index (χ4v) is 2.88. The molecule has 0 atom stereocenters. The van der Waals surface area contributed by atoms with Crippen LogP contribution in [0.25, 0.3) is 10.6 Å². The number of rotatable bonds is 4. The monoisotopic (exact) mass is 261 g/mol. The molecule has 2 aromatic rings. The number of aryl methyl sites for hydroxylation is 1. The number of ether oxygens (including phenoxy) is 1. The molecular formula is C14H15NO2S. The van der Waals surface area contributed by atoms with Crippen molar-refractivity contribution in [3.8, 4) is 16.3 Å². The molecule has 0 saturated heterocycles. The van der Waals surface area contributed by atoms with E-state index in [1.807, 2.05) is 31.2 Å². The van der Waals surface area contributed by atoms with Crippen molar-refractivity contribution < 1.29 is 9.53 Å². The van der Waals surface area contributed by atoms with Crippen molar-refractivity contribution in [1.82, 2.24) is 4.98 Å². The summed E-state index contributed by atoms with van der Waals surface area (Å²) < 4.78 is 5.32. The van der Waals surface area contributed by atoms with Gasteiger partial charge in [-0.2, -0.15) is 0 Å². The standard InChI is InChI=1S/C14H15NO2S/c1-4-11-13(9(2)16)18-14(15-11)10-7-5-6-8-12(10)17-3/h5-8H,4H2,1-3H3. The molecule has 2 rings (SSSR count). The first-order chi connectivity index (χ1) is 8.67. The molecule has 0 aliphatic rings. The topological polar surface area (TPSA) is 39.2 Å². The molecule has 0 aliphatic carbocycles. The van der Waals surface area contributed by atoms with E-state index in [0.717, 1.165) is 33.3 Å². The number of methoxy groups -OCH3 is 1. The van der Waals surface area contributed by atoms with Gasteiger partial charge in [0.25, 0.3) is 0 Å². The minimum atomic E-state index is 0.0745. The molecule has 1 aromatic carbocycles. The van der Waals surface area contributed by atoms with Gasteiger partial charge in [-0.25, -0.2) is 4.98 Å². The van der Waals surface area contributed by atoms with Crippen LogP contribution in [0.1, 0.15) is 29.2 Å². The van der Waals surface area contributed by atoms with Gasteiger partial charge in [0.05, 0.1) is 23.2 Å². The molecule has 0 saturated carbocycles. The predicted octanol–water partition coefficient (Wildman–Crippen LogP) is 3.58. The first-order valence-electron chi connectivity index (χ1n) is 5.81. The second-order valence-electron chi connectivity index (χ2n) is 3.90. The van der Waals surface area contributed by atoms with Gasteiger partial charge in [0, 0.05) is 6.92 Å². The molecule has 4 heteroatoms. The van der Waals surface area contributed by atoms with Crippen molar-refractivity contribution in [2.24, 2.45) is 0 Å². The molecule has 1 heterocycles. The number of Topliss-reactive ketones (excluding diaryl/α,β-unsaturated/α-hetero) is 1. The van der Waals surface area contributed by atoms with Gasteiger partial charge in [0.1, 0.15) is 10.8 Å². The number of ketones is 1. The lowest BCUT2D eigenvalue weighted by Crippen LogP contribution is -1.93. The average Bonchev–Trinajstić information content (AvgIpc) is 2.82. The highest BCUT2D eigenvalue weighted by Crippen LogP contribution is 2.34. The fourth-order valence-electron chi connectivity index (χ4n) is 1.80. The highest BCUT2D eigenvalue weighted by molar-refractivity contribution is 7.17. The van der Waals surface area contributed by atoms with Crippen LogP contribution in [0.5, 0.6) is 5.75 Å². The number of hydrogen-bond donors (Lipinski definition) is 0. The van der Waals surface area contributed by atoms with Crippen molar-refractivity contribution >= 4 is 17.1 Å². The lowest BCUT2D eigenvalue weighted by molar-refractivity contribution is 0.102. The van der Waals surface area contributed by atoms with E-state index in [4.69, 9.17) is 4.74 Å². The Morgan fingerprint density at radius 3 is 2.67 bits per heavy atom. The third kappa shape index (κ3) is 2.29. The van der Waals surface area contributed by atoms with E-state index in [1.54, 1.807) is 14.0 Å². The smallest absolute Gasteiger partial charge is 0.171 e. The quantitative estimate of drug-likeness (QED) is 0.790. The van der Waals surface area contributed by atoms with E-state index in [2.05, 4.69) is 4.98 Å². The summed E-state index contributed by atoms with van der Waals surface area (Å²) in [7, 11) is 1.64. The summed E-state index contributed by atoms with van der Waals surface area (Å²) in [5.41, 5.74) is 1.81. The number of carbonyl (C=O) groups excluding carboxylic acids is 1. The Bertz CT molecular complexity index is 575. The van der Waals surface area contributed by atoms with E-state index in [1.165, 1.54) is 11.3 Å². The third-order valence-corrected chi connectivity index (χ3v) is 3.92. The van der Waals surface area contributed by atoms with Crippen molar-refractivity contribution in [3.63, 3.8) is 0 Å². The maximum Gasteiger partial charge on any atom is 0.171 e. The zero-order chi connectivity index (χ0) is 13.1. The van der Waals surface area contributed by atoms with Crippen molar-refractivity contribution in [1.29, 1.82) is 0 Å². The fraction of sp³-hybridized carbons (Fsp3) is 0.286. The Balaban J connectivity index is 2.54. The molecule has 0 N–H and O–H groups in total. The molecule has 1 aromatic heterocycles. The Morgan fingerprint density at radius 2 is 2.11 bits per heavy atom. The molecule has 0 aliphatic heterocycles. The molecule has 0 fully saturated rings. The van der Waals surface area contributed by atoms with Gasteiger partial charge in [-0.3, -0.25) is 4.79 Å². The molecule has 0 bridgehead atoms. The lowest BCUT2D eigenvalue weighted by Gasteiger charge is -2.04. The van der Waals surface area contributed by atoms with Crippen LogP contribution in [0.3, 0.4) is 0 Å². The molecule has 94 valence electrons. The van der Waals surface area contributed by atoms with Crippen LogP contribution < -0.4 is 4.74 Å². The summed E-state index contributed by atoms with van der Waals surface area (Å²) in [6, 6.07) is 7.72. The highest BCUT2D eigenvalue weighted by atomic mass is 32.1. The highest BCUT2D eigenvalue weighted by Gasteiger charge is 2.16. The molecule has 3 nitrogen and oxygen atoms in total. The molecule has 0 spiro atoms. The van der Waals surface area contributed by atoms with E-state index in [-0.39, 0.29) is 5.78 Å². The van der Waals surface area contributed by atoms with Crippen LogP contribution in [-0.4, -0.2) is 17.9 Å². The number of hydrogen-bond acceptors (Lipinski definition) is 4. The van der Waals surface area contributed by atoms with Gasteiger partial charge >= 0.3 is 0 Å². The Kier molecular flexibility index (Phi) is 3.77. The number of thiazole rings is 1. The van der Waals surface area contributed by atoms with Gasteiger partial charge in [0.15, 0.2) is 5.78 Å². The second-order valence-corrected chi connectivity index (χ2v) is 4.90. The summed E-state index contributed by atoms with van der Waals surface area (Å²) >= 11 is 1.43. The van der Waals surface area contributed by atoms with E-state index in [9.17, 15) is 4.79 Å². The van der Waals surface area contributed by atoms with Crippen LogP contribution in [0, 0.1) is 0 Å². The molecular weight excluding hydrogens is 246 g/mol. The molecule has 0 amide bonds. The maximum atomic E-state index is 11.6. The molecule has 18 heavy (non-hydrogen) atoms. The van der Waals surface area contributed by atoms with E-state index < -0.39 is 0 Å². The largest absolute Gasteiger partial charge is 0.496 e. The number of nitrogens with zero attached hydrogens (tertiary/aromatic N) is 1. The number of para-hydroxylation sites is 1.